The van der Waals surface area contributed by atoms with Crippen molar-refractivity contribution in [3.8, 4) is 0 Å². The highest BCUT2D eigenvalue weighted by Gasteiger charge is 2.38. The molecule has 3 rings (SSSR count). The van der Waals surface area contributed by atoms with Gasteiger partial charge in [-0.05, 0) is 24.3 Å². The number of carbonyl (C=O) groups excluding carboxylic acids is 2. The number of benzene rings is 2. The van der Waals surface area contributed by atoms with E-state index >= 15 is 0 Å². The maximum Gasteiger partial charge on any atom is 0.338 e. The highest BCUT2D eigenvalue weighted by molar-refractivity contribution is 8.00. The van der Waals surface area contributed by atoms with E-state index in [1.54, 1.807) is 48.5 Å². The zero-order valence-corrected chi connectivity index (χ0v) is 16.7. The molecule has 0 bridgehead atoms. The van der Waals surface area contributed by atoms with Crippen LogP contribution in [0.3, 0.4) is 0 Å². The van der Waals surface area contributed by atoms with Gasteiger partial charge in [-0.2, -0.15) is 0 Å². The molecule has 0 aliphatic carbocycles. The zero-order valence-electron chi connectivity index (χ0n) is 15.8. The van der Waals surface area contributed by atoms with Gasteiger partial charge in [0.1, 0.15) is 18.1 Å². The summed E-state index contributed by atoms with van der Waals surface area (Å²) in [7, 11) is 0. The lowest BCUT2D eigenvalue weighted by Gasteiger charge is -2.19. The predicted molar refractivity (Wildman–Crippen MR) is 112 cm³/mol. The van der Waals surface area contributed by atoms with Crippen LogP contribution < -0.4 is 0 Å². The summed E-state index contributed by atoms with van der Waals surface area (Å²) in [6.45, 7) is 3.38. The fourth-order valence-corrected chi connectivity index (χ4v) is 3.75. The molecule has 2 N–H and O–H groups in total. The number of ether oxygens (including phenoxy) is 2. The molecule has 2 unspecified atom stereocenters. The minimum Gasteiger partial charge on any atom is -0.461 e. The van der Waals surface area contributed by atoms with Gasteiger partial charge in [0.25, 0.3) is 0 Å². The van der Waals surface area contributed by atoms with E-state index in [-0.39, 0.29) is 18.5 Å². The van der Waals surface area contributed by atoms with Crippen LogP contribution in [0.1, 0.15) is 27.1 Å². The molecule has 1 fully saturated rings. The fraction of sp³-hybridized carbons (Fsp3) is 0.273. The summed E-state index contributed by atoms with van der Waals surface area (Å²) in [5.41, 5.74) is 0.270. The molecule has 7 heteroatoms. The molecule has 2 aromatic carbocycles. The van der Waals surface area contributed by atoms with Gasteiger partial charge >= 0.3 is 11.9 Å². The van der Waals surface area contributed by atoms with Gasteiger partial charge in [-0.1, -0.05) is 42.5 Å². The number of thioether (sulfide) groups is 1. The molecule has 0 radical (unpaired) electrons. The first-order valence-corrected chi connectivity index (χ1v) is 10.0. The van der Waals surface area contributed by atoms with Crippen molar-refractivity contribution in [3.05, 3.63) is 84.4 Å². The molecule has 1 heterocycles. The predicted octanol–water partition coefficient (Wildman–Crippen LogP) is 3.06. The Kier molecular flexibility index (Phi) is 9.43. The molecule has 29 heavy (non-hydrogen) atoms. The normalized spacial score (nSPS) is 20.1. The summed E-state index contributed by atoms with van der Waals surface area (Å²) >= 11 is 1.25. The Bertz CT molecular complexity index is 780. The third-order valence-corrected chi connectivity index (χ3v) is 5.26. The smallest absolute Gasteiger partial charge is 0.338 e. The van der Waals surface area contributed by atoms with Crippen molar-refractivity contribution in [1.29, 1.82) is 0 Å². The summed E-state index contributed by atoms with van der Waals surface area (Å²) in [5, 5.41) is 17.3. The van der Waals surface area contributed by atoms with Crippen LogP contribution in [0.25, 0.3) is 0 Å². The second-order valence-electron chi connectivity index (χ2n) is 6.11. The Hall–Kier alpha value is -2.61. The van der Waals surface area contributed by atoms with Crippen molar-refractivity contribution in [2.24, 2.45) is 0 Å². The third kappa shape index (κ3) is 7.38. The first kappa shape index (κ1) is 22.7. The van der Waals surface area contributed by atoms with Gasteiger partial charge < -0.3 is 19.7 Å². The third-order valence-electron chi connectivity index (χ3n) is 3.97. The highest BCUT2D eigenvalue weighted by atomic mass is 32.2. The number of hydrogen-bond donors (Lipinski definition) is 2. The van der Waals surface area contributed by atoms with E-state index in [1.165, 1.54) is 17.8 Å². The molecule has 3 atom stereocenters. The summed E-state index contributed by atoms with van der Waals surface area (Å²) in [5.74, 6) is -0.879. The number of esters is 2. The molecule has 6 nitrogen and oxygen atoms in total. The molecule has 1 aliphatic heterocycles. The van der Waals surface area contributed by atoms with E-state index in [0.717, 1.165) is 0 Å². The van der Waals surface area contributed by atoms with Crippen LogP contribution >= 0.6 is 11.8 Å². The molecular weight excluding hydrogens is 392 g/mol. The Morgan fingerprint density at radius 3 is 2.07 bits per heavy atom. The van der Waals surface area contributed by atoms with Gasteiger partial charge in [-0.3, -0.25) is 0 Å². The van der Waals surface area contributed by atoms with Crippen LogP contribution in [0.4, 0.5) is 0 Å². The minimum atomic E-state index is -0.644. The Balaban J connectivity index is 0.000000687. The first-order chi connectivity index (χ1) is 14.0. The summed E-state index contributed by atoms with van der Waals surface area (Å²) in [6, 6.07) is 17.4. The van der Waals surface area contributed by atoms with Gasteiger partial charge in [0.2, 0.25) is 0 Å². The van der Waals surface area contributed by atoms with E-state index in [1.807, 2.05) is 12.1 Å². The number of hydrogen-bond acceptors (Lipinski definition) is 7. The number of aliphatic hydroxyl groups excluding tert-OH is 2. The van der Waals surface area contributed by atoms with Crippen molar-refractivity contribution in [3.63, 3.8) is 0 Å². The SMILES string of the molecule is C=CCO.O=C(OC[C@H]1SC(O)CC1OC(=O)c1ccccc1)c1ccccc1. The van der Waals surface area contributed by atoms with Crippen LogP contribution in [0.5, 0.6) is 0 Å². The molecular formula is C22H24O6S. The molecule has 0 aromatic heterocycles. The van der Waals surface area contributed by atoms with Crippen LogP contribution in [-0.4, -0.2) is 52.2 Å². The van der Waals surface area contributed by atoms with E-state index in [2.05, 4.69) is 6.58 Å². The highest BCUT2D eigenvalue weighted by Crippen LogP contribution is 2.35. The lowest BCUT2D eigenvalue weighted by Crippen LogP contribution is -2.29. The number of rotatable bonds is 6. The van der Waals surface area contributed by atoms with Crippen molar-refractivity contribution < 1.29 is 29.3 Å². The van der Waals surface area contributed by atoms with Gasteiger partial charge in [0.15, 0.2) is 0 Å². The molecule has 2 aromatic rings. The van der Waals surface area contributed by atoms with E-state index in [9.17, 15) is 14.7 Å². The van der Waals surface area contributed by atoms with Crippen molar-refractivity contribution in [2.75, 3.05) is 13.2 Å². The lowest BCUT2D eigenvalue weighted by molar-refractivity contribution is 0.0178. The topological polar surface area (TPSA) is 93.1 Å². The quantitative estimate of drug-likeness (QED) is 0.552. The zero-order chi connectivity index (χ0) is 21.1. The van der Waals surface area contributed by atoms with E-state index in [4.69, 9.17) is 14.6 Å². The second-order valence-corrected chi connectivity index (χ2v) is 7.53. The Labute approximate surface area is 174 Å². The van der Waals surface area contributed by atoms with Crippen molar-refractivity contribution in [1.82, 2.24) is 0 Å². The fourth-order valence-electron chi connectivity index (χ4n) is 2.56. The molecule has 1 aliphatic rings. The largest absolute Gasteiger partial charge is 0.461 e. The average molecular weight is 416 g/mol. The molecule has 1 saturated heterocycles. The summed E-state index contributed by atoms with van der Waals surface area (Å²) < 4.78 is 10.8. The van der Waals surface area contributed by atoms with Crippen LogP contribution in [0.2, 0.25) is 0 Å². The lowest BCUT2D eigenvalue weighted by atomic mass is 10.2. The van der Waals surface area contributed by atoms with Gasteiger partial charge in [0, 0.05) is 6.42 Å². The maximum atomic E-state index is 12.2. The van der Waals surface area contributed by atoms with Crippen molar-refractivity contribution >= 4 is 23.7 Å². The van der Waals surface area contributed by atoms with Gasteiger partial charge in [-0.25, -0.2) is 9.59 Å². The monoisotopic (exact) mass is 416 g/mol. The molecule has 0 amide bonds. The van der Waals surface area contributed by atoms with Gasteiger partial charge in [0.05, 0.1) is 23.0 Å². The Morgan fingerprint density at radius 1 is 1.03 bits per heavy atom. The average Bonchev–Trinajstić information content (AvgIpc) is 3.12. The van der Waals surface area contributed by atoms with Crippen LogP contribution in [0.15, 0.2) is 73.3 Å². The van der Waals surface area contributed by atoms with E-state index < -0.39 is 23.5 Å². The molecule has 0 spiro atoms. The first-order valence-electron chi connectivity index (χ1n) is 9.08. The van der Waals surface area contributed by atoms with Crippen molar-refractivity contribution in [2.45, 2.75) is 23.2 Å². The van der Waals surface area contributed by atoms with Crippen LogP contribution in [-0.2, 0) is 9.47 Å². The minimum absolute atomic E-state index is 0.0716. The molecule has 0 saturated carbocycles. The van der Waals surface area contributed by atoms with Gasteiger partial charge in [-0.15, -0.1) is 18.3 Å². The summed E-state index contributed by atoms with van der Waals surface area (Å²) in [6.07, 6.45) is 1.24. The van der Waals surface area contributed by atoms with Crippen LogP contribution in [0, 0.1) is 0 Å². The molecule has 154 valence electrons. The second kappa shape index (κ2) is 12.1. The number of carbonyl (C=O) groups is 2. The Morgan fingerprint density at radius 2 is 1.55 bits per heavy atom. The standard InChI is InChI=1S/C19H18O5S.C3H6O/c20-17-11-15(24-19(22)14-9-5-2-6-10-14)16(25-17)12-23-18(21)13-7-3-1-4-8-13;1-2-3-4/h1-10,15-17,20H,11-12H2;2,4H,1,3H2/t15?,16-,17?;/m1./s1. The van der Waals surface area contributed by atoms with E-state index in [0.29, 0.717) is 17.5 Å². The summed E-state index contributed by atoms with van der Waals surface area (Å²) in [4.78, 5) is 24.2. The maximum absolute atomic E-state index is 12.2. The number of aliphatic hydroxyl groups is 2.